The standard InChI is InChI=1S/C21H16F3N3OS/c22-21(23,24)20(28)16-11-10-13-6-4-5-9-15(13)18(16)26-27(20)19-25-17(12-29-19)14-7-2-1-3-8-14/h1-9,12,16,28H,10-11H2/t16-,20-/m0/s1. The second-order valence-corrected chi connectivity index (χ2v) is 7.99. The number of alkyl halides is 3. The first-order valence-electron chi connectivity index (χ1n) is 9.16. The number of benzene rings is 2. The highest BCUT2D eigenvalue weighted by Crippen LogP contribution is 2.50. The van der Waals surface area contributed by atoms with Crippen LogP contribution in [0.3, 0.4) is 0 Å². The van der Waals surface area contributed by atoms with Gasteiger partial charge in [0, 0.05) is 16.5 Å². The lowest BCUT2D eigenvalue weighted by atomic mass is 9.77. The lowest BCUT2D eigenvalue weighted by Crippen LogP contribution is -2.60. The monoisotopic (exact) mass is 415 g/mol. The number of hydrazone groups is 1. The van der Waals surface area contributed by atoms with E-state index < -0.39 is 17.8 Å². The summed E-state index contributed by atoms with van der Waals surface area (Å²) in [5.41, 5.74) is 0.0856. The Bertz CT molecular complexity index is 1100. The van der Waals surface area contributed by atoms with Crippen LogP contribution in [0.25, 0.3) is 11.3 Å². The van der Waals surface area contributed by atoms with Gasteiger partial charge in [-0.25, -0.2) is 4.98 Å². The topological polar surface area (TPSA) is 48.7 Å². The Morgan fingerprint density at radius 1 is 1.07 bits per heavy atom. The molecular formula is C21H16F3N3OS. The Balaban J connectivity index is 1.63. The van der Waals surface area contributed by atoms with Gasteiger partial charge in [0.25, 0.3) is 5.72 Å². The highest BCUT2D eigenvalue weighted by molar-refractivity contribution is 7.14. The molecule has 3 aromatic rings. The molecule has 0 saturated heterocycles. The van der Waals surface area contributed by atoms with E-state index in [9.17, 15) is 18.3 Å². The van der Waals surface area contributed by atoms with Crippen LogP contribution in [0.2, 0.25) is 0 Å². The van der Waals surface area contributed by atoms with E-state index in [0.29, 0.717) is 22.7 Å². The molecule has 2 aromatic carbocycles. The van der Waals surface area contributed by atoms with Crippen LogP contribution in [-0.2, 0) is 6.42 Å². The van der Waals surface area contributed by atoms with Crippen molar-refractivity contribution in [2.75, 3.05) is 5.01 Å². The van der Waals surface area contributed by atoms with E-state index in [1.165, 1.54) is 0 Å². The van der Waals surface area contributed by atoms with Crippen LogP contribution in [0.1, 0.15) is 17.5 Å². The number of aryl methyl sites for hydroxylation is 1. The molecule has 2 atom stereocenters. The summed E-state index contributed by atoms with van der Waals surface area (Å²) in [5, 5.41) is 17.6. The first kappa shape index (κ1) is 18.3. The minimum atomic E-state index is -4.90. The van der Waals surface area contributed by atoms with E-state index >= 15 is 0 Å². The molecule has 148 valence electrons. The number of aromatic nitrogens is 1. The third-order valence-electron chi connectivity index (χ3n) is 5.50. The van der Waals surface area contributed by atoms with E-state index in [1.54, 1.807) is 17.5 Å². The summed E-state index contributed by atoms with van der Waals surface area (Å²) in [6, 6.07) is 16.5. The summed E-state index contributed by atoms with van der Waals surface area (Å²) in [6.45, 7) is 0. The van der Waals surface area contributed by atoms with Crippen molar-refractivity contribution < 1.29 is 18.3 Å². The van der Waals surface area contributed by atoms with Gasteiger partial charge in [-0.15, -0.1) is 11.3 Å². The summed E-state index contributed by atoms with van der Waals surface area (Å²) >= 11 is 1.03. The Morgan fingerprint density at radius 3 is 2.55 bits per heavy atom. The lowest BCUT2D eigenvalue weighted by Gasteiger charge is -2.38. The van der Waals surface area contributed by atoms with E-state index in [4.69, 9.17) is 0 Å². The highest BCUT2D eigenvalue weighted by Gasteiger charge is 2.68. The molecule has 2 heterocycles. The van der Waals surface area contributed by atoms with Crippen LogP contribution in [0, 0.1) is 5.92 Å². The van der Waals surface area contributed by atoms with Crippen LogP contribution in [0.15, 0.2) is 65.1 Å². The molecule has 5 rings (SSSR count). The fourth-order valence-electron chi connectivity index (χ4n) is 4.07. The van der Waals surface area contributed by atoms with Gasteiger partial charge in [-0.2, -0.15) is 23.3 Å². The quantitative estimate of drug-likeness (QED) is 0.651. The first-order chi connectivity index (χ1) is 13.9. The average molecular weight is 415 g/mol. The van der Waals surface area contributed by atoms with Gasteiger partial charge < -0.3 is 5.11 Å². The van der Waals surface area contributed by atoms with Crippen LogP contribution in [0.4, 0.5) is 18.3 Å². The normalized spacial score (nSPS) is 23.5. The number of hydrogen-bond donors (Lipinski definition) is 1. The van der Waals surface area contributed by atoms with E-state index in [2.05, 4.69) is 10.1 Å². The van der Waals surface area contributed by atoms with E-state index in [1.807, 2.05) is 42.5 Å². The van der Waals surface area contributed by atoms with E-state index in [0.717, 1.165) is 22.5 Å². The van der Waals surface area contributed by atoms with Gasteiger partial charge in [-0.3, -0.25) is 0 Å². The average Bonchev–Trinajstić information content (AvgIpc) is 3.32. The molecule has 2 aliphatic rings. The molecule has 0 amide bonds. The summed E-state index contributed by atoms with van der Waals surface area (Å²) in [7, 11) is 0. The van der Waals surface area contributed by atoms with Crippen molar-refractivity contribution in [2.24, 2.45) is 11.0 Å². The Hall–Kier alpha value is -2.71. The van der Waals surface area contributed by atoms with Crippen molar-refractivity contribution in [2.45, 2.75) is 24.7 Å². The van der Waals surface area contributed by atoms with Crippen molar-refractivity contribution in [3.8, 4) is 11.3 Å². The minimum absolute atomic E-state index is 0.0167. The number of fused-ring (bicyclic) bond motifs is 3. The molecule has 0 spiro atoms. The largest absolute Gasteiger partial charge is 0.439 e. The number of thiazole rings is 1. The van der Waals surface area contributed by atoms with Gasteiger partial charge in [0.2, 0.25) is 5.13 Å². The molecular weight excluding hydrogens is 399 g/mol. The molecule has 1 aromatic heterocycles. The molecule has 0 radical (unpaired) electrons. The Labute approximate surface area is 168 Å². The summed E-state index contributed by atoms with van der Waals surface area (Å²) in [4.78, 5) is 4.36. The minimum Gasteiger partial charge on any atom is -0.362 e. The number of anilines is 1. The van der Waals surface area contributed by atoms with Crippen LogP contribution >= 0.6 is 11.3 Å². The molecule has 0 bridgehead atoms. The number of nitrogens with zero attached hydrogens (tertiary/aromatic N) is 3. The van der Waals surface area contributed by atoms with Gasteiger partial charge in [0.1, 0.15) is 0 Å². The summed E-state index contributed by atoms with van der Waals surface area (Å²) in [5.74, 6) is -1.17. The zero-order chi connectivity index (χ0) is 20.2. The lowest BCUT2D eigenvalue weighted by molar-refractivity contribution is -0.268. The number of hydrogen-bond acceptors (Lipinski definition) is 5. The predicted octanol–water partition coefficient (Wildman–Crippen LogP) is 4.85. The molecule has 1 aliphatic heterocycles. The molecule has 8 heteroatoms. The molecule has 1 N–H and O–H groups in total. The smallest absolute Gasteiger partial charge is 0.362 e. The first-order valence-corrected chi connectivity index (χ1v) is 10.0. The van der Waals surface area contributed by atoms with Crippen molar-refractivity contribution in [3.05, 3.63) is 71.1 Å². The maximum atomic E-state index is 14.2. The number of halogens is 3. The van der Waals surface area contributed by atoms with Crippen molar-refractivity contribution >= 4 is 22.2 Å². The number of aliphatic hydroxyl groups is 1. The van der Waals surface area contributed by atoms with Crippen molar-refractivity contribution in [1.29, 1.82) is 0 Å². The van der Waals surface area contributed by atoms with Crippen LogP contribution in [0.5, 0.6) is 0 Å². The molecule has 0 saturated carbocycles. The summed E-state index contributed by atoms with van der Waals surface area (Å²) in [6.07, 6.45) is -4.27. The molecule has 1 aliphatic carbocycles. The Morgan fingerprint density at radius 2 is 1.79 bits per heavy atom. The fraction of sp³-hybridized carbons (Fsp3) is 0.238. The summed E-state index contributed by atoms with van der Waals surface area (Å²) < 4.78 is 42.5. The molecule has 0 fully saturated rings. The second-order valence-electron chi connectivity index (χ2n) is 7.15. The van der Waals surface area contributed by atoms with Crippen LogP contribution in [-0.4, -0.2) is 27.7 Å². The second kappa shape index (κ2) is 6.40. The number of rotatable bonds is 2. The zero-order valence-electron chi connectivity index (χ0n) is 15.1. The maximum absolute atomic E-state index is 14.2. The van der Waals surface area contributed by atoms with Gasteiger partial charge in [-0.05, 0) is 18.4 Å². The SMILES string of the molecule is O[C@]1(C(F)(F)F)[C@H]2CCc3ccccc3C2=NN1c1nc(-c2ccccc2)cs1. The maximum Gasteiger partial charge on any atom is 0.439 e. The third kappa shape index (κ3) is 2.70. The van der Waals surface area contributed by atoms with Crippen molar-refractivity contribution in [1.82, 2.24) is 4.98 Å². The van der Waals surface area contributed by atoms with Crippen LogP contribution < -0.4 is 5.01 Å². The predicted molar refractivity (Wildman–Crippen MR) is 106 cm³/mol. The zero-order valence-corrected chi connectivity index (χ0v) is 15.9. The molecule has 0 unspecified atom stereocenters. The highest BCUT2D eigenvalue weighted by atomic mass is 32.1. The molecule has 29 heavy (non-hydrogen) atoms. The van der Waals surface area contributed by atoms with Gasteiger partial charge in [0.05, 0.1) is 17.3 Å². The van der Waals surface area contributed by atoms with Crippen molar-refractivity contribution in [3.63, 3.8) is 0 Å². The third-order valence-corrected chi connectivity index (χ3v) is 6.32. The molecule has 4 nitrogen and oxygen atoms in total. The van der Waals surface area contributed by atoms with Gasteiger partial charge in [-0.1, -0.05) is 54.6 Å². The van der Waals surface area contributed by atoms with Gasteiger partial charge >= 0.3 is 6.18 Å². The Kier molecular flexibility index (Phi) is 4.04. The van der Waals surface area contributed by atoms with E-state index in [-0.39, 0.29) is 17.3 Å². The fourth-order valence-corrected chi connectivity index (χ4v) is 4.91. The van der Waals surface area contributed by atoms with Gasteiger partial charge in [0.15, 0.2) is 0 Å².